The first-order valence-electron chi connectivity index (χ1n) is 5.20. The van der Waals surface area contributed by atoms with Crippen molar-refractivity contribution in [2.75, 3.05) is 5.32 Å². The molecule has 8 heteroatoms. The van der Waals surface area contributed by atoms with Gasteiger partial charge < -0.3 is 14.8 Å². The van der Waals surface area contributed by atoms with Crippen LogP contribution < -0.4 is 10.5 Å². The number of phenolic OH excluding ortho intramolecular Hbond substituents is 1. The second-order valence-corrected chi connectivity index (χ2v) is 5.28. The monoisotopic (exact) mass is 286 g/mol. The number of halogens is 1. The molecule has 0 unspecified atom stereocenters. The van der Waals surface area contributed by atoms with E-state index in [4.69, 9.17) is 14.7 Å². The fourth-order valence-corrected chi connectivity index (χ4v) is 1.89. The summed E-state index contributed by atoms with van der Waals surface area (Å²) in [6, 6.07) is 6.48. The highest BCUT2D eigenvalue weighted by molar-refractivity contribution is 7.89. The molecule has 1 aromatic heterocycles. The van der Waals surface area contributed by atoms with E-state index in [2.05, 4.69) is 5.32 Å². The Morgan fingerprint density at radius 2 is 2.05 bits per heavy atom. The molecule has 1 aromatic carbocycles. The van der Waals surface area contributed by atoms with Crippen molar-refractivity contribution in [2.45, 2.75) is 11.6 Å². The van der Waals surface area contributed by atoms with Gasteiger partial charge in [-0.25, -0.2) is 17.9 Å². The van der Waals surface area contributed by atoms with Crippen LogP contribution in [0.4, 0.5) is 10.1 Å². The van der Waals surface area contributed by atoms with Crippen LogP contribution in [-0.4, -0.2) is 13.5 Å². The van der Waals surface area contributed by atoms with Gasteiger partial charge in [-0.2, -0.15) is 0 Å². The molecule has 2 aromatic rings. The van der Waals surface area contributed by atoms with E-state index in [-0.39, 0.29) is 11.6 Å². The van der Waals surface area contributed by atoms with Crippen molar-refractivity contribution in [1.82, 2.24) is 0 Å². The third-order valence-electron chi connectivity index (χ3n) is 2.33. The number of hydrogen-bond acceptors (Lipinski definition) is 5. The van der Waals surface area contributed by atoms with E-state index >= 15 is 0 Å². The first-order chi connectivity index (χ1) is 8.86. The number of aromatic hydroxyl groups is 1. The molecule has 0 saturated carbocycles. The second kappa shape index (κ2) is 4.90. The highest BCUT2D eigenvalue weighted by Crippen LogP contribution is 2.20. The molecule has 0 fully saturated rings. The van der Waals surface area contributed by atoms with E-state index < -0.39 is 21.6 Å². The first kappa shape index (κ1) is 13.4. The van der Waals surface area contributed by atoms with Crippen LogP contribution in [0, 0.1) is 5.82 Å². The minimum absolute atomic E-state index is 0.153. The number of rotatable bonds is 4. The summed E-state index contributed by atoms with van der Waals surface area (Å²) in [5.74, 6) is -0.868. The normalized spacial score (nSPS) is 11.5. The van der Waals surface area contributed by atoms with Gasteiger partial charge in [-0.05, 0) is 24.3 Å². The van der Waals surface area contributed by atoms with Crippen molar-refractivity contribution in [2.24, 2.45) is 5.14 Å². The van der Waals surface area contributed by atoms with Gasteiger partial charge in [0.25, 0.3) is 10.0 Å². The molecule has 0 bridgehead atoms. The Morgan fingerprint density at radius 3 is 2.63 bits per heavy atom. The van der Waals surface area contributed by atoms with Gasteiger partial charge in [-0.15, -0.1) is 0 Å². The lowest BCUT2D eigenvalue weighted by Gasteiger charge is -2.05. The molecule has 19 heavy (non-hydrogen) atoms. The molecule has 6 nitrogen and oxygen atoms in total. The molecule has 102 valence electrons. The summed E-state index contributed by atoms with van der Waals surface area (Å²) in [6.07, 6.45) is 0. The van der Waals surface area contributed by atoms with Crippen molar-refractivity contribution >= 4 is 15.7 Å². The van der Waals surface area contributed by atoms with Crippen molar-refractivity contribution in [1.29, 1.82) is 0 Å². The molecule has 4 N–H and O–H groups in total. The lowest BCUT2D eigenvalue weighted by molar-refractivity contribution is 0.419. The molecule has 0 amide bonds. The molecular weight excluding hydrogens is 275 g/mol. The van der Waals surface area contributed by atoms with E-state index in [1.54, 1.807) is 0 Å². The summed E-state index contributed by atoms with van der Waals surface area (Å²) in [5.41, 5.74) is 0.420. The number of hydrogen-bond donors (Lipinski definition) is 3. The van der Waals surface area contributed by atoms with Gasteiger partial charge in [-0.1, -0.05) is 0 Å². The Balaban J connectivity index is 2.06. The van der Waals surface area contributed by atoms with Crippen LogP contribution in [0.5, 0.6) is 5.75 Å². The minimum Gasteiger partial charge on any atom is -0.505 e. The summed E-state index contributed by atoms with van der Waals surface area (Å²) in [4.78, 5) is 0. The van der Waals surface area contributed by atoms with Crippen LogP contribution >= 0.6 is 0 Å². The van der Waals surface area contributed by atoms with Crippen LogP contribution in [0.1, 0.15) is 5.76 Å². The third kappa shape index (κ3) is 3.24. The Hall–Kier alpha value is -2.06. The smallest absolute Gasteiger partial charge is 0.271 e. The van der Waals surface area contributed by atoms with Crippen LogP contribution in [0.2, 0.25) is 0 Å². The number of furan rings is 1. The van der Waals surface area contributed by atoms with Gasteiger partial charge in [0, 0.05) is 11.8 Å². The lowest BCUT2D eigenvalue weighted by atomic mass is 10.3. The summed E-state index contributed by atoms with van der Waals surface area (Å²) in [7, 11) is -3.86. The van der Waals surface area contributed by atoms with Crippen LogP contribution in [0.3, 0.4) is 0 Å². The second-order valence-electron chi connectivity index (χ2n) is 3.79. The fraction of sp³-hybridized carbons (Fsp3) is 0.0909. The largest absolute Gasteiger partial charge is 0.505 e. The number of benzene rings is 1. The van der Waals surface area contributed by atoms with E-state index in [1.165, 1.54) is 24.3 Å². The van der Waals surface area contributed by atoms with Crippen molar-refractivity contribution in [3.8, 4) is 5.75 Å². The van der Waals surface area contributed by atoms with Gasteiger partial charge in [0.1, 0.15) is 5.76 Å². The molecule has 0 spiro atoms. The molecule has 0 saturated heterocycles. The zero-order valence-electron chi connectivity index (χ0n) is 9.63. The highest BCUT2D eigenvalue weighted by atomic mass is 32.2. The maximum absolute atomic E-state index is 13.1. The zero-order chi connectivity index (χ0) is 14.0. The van der Waals surface area contributed by atoms with Crippen molar-refractivity contribution in [3.05, 3.63) is 41.9 Å². The standard InChI is InChI=1S/C11H11FN2O4S/c12-9-5-7(1-3-10(9)15)14-6-8-2-4-11(18-8)19(13,16)17/h1-5,14-15H,6H2,(H2,13,16,17). The van der Waals surface area contributed by atoms with E-state index in [9.17, 15) is 12.8 Å². The fourth-order valence-electron chi connectivity index (χ4n) is 1.41. The molecule has 0 atom stereocenters. The molecule has 0 aliphatic heterocycles. The predicted octanol–water partition coefficient (Wildman–Crippen LogP) is 1.38. The number of nitrogens with two attached hydrogens (primary N) is 1. The number of anilines is 1. The van der Waals surface area contributed by atoms with E-state index in [0.717, 1.165) is 6.07 Å². The Labute approximate surface area is 108 Å². The molecular formula is C11H11FN2O4S. The van der Waals surface area contributed by atoms with Gasteiger partial charge in [-0.3, -0.25) is 0 Å². The summed E-state index contributed by atoms with van der Waals surface area (Å²) < 4.78 is 40.0. The van der Waals surface area contributed by atoms with Gasteiger partial charge in [0.05, 0.1) is 6.54 Å². The number of sulfonamides is 1. The molecule has 2 rings (SSSR count). The van der Waals surface area contributed by atoms with Crippen molar-refractivity contribution < 1.29 is 22.3 Å². The maximum atomic E-state index is 13.1. The van der Waals surface area contributed by atoms with Crippen LogP contribution in [-0.2, 0) is 16.6 Å². The summed E-state index contributed by atoms with van der Waals surface area (Å²) in [6.45, 7) is 0.153. The molecule has 0 radical (unpaired) electrons. The van der Waals surface area contributed by atoms with Crippen LogP contribution in [0.15, 0.2) is 39.8 Å². The van der Waals surface area contributed by atoms with Crippen LogP contribution in [0.25, 0.3) is 0 Å². The summed E-state index contributed by atoms with van der Waals surface area (Å²) >= 11 is 0. The number of nitrogens with one attached hydrogen (secondary N) is 1. The first-order valence-corrected chi connectivity index (χ1v) is 6.75. The minimum atomic E-state index is -3.86. The van der Waals surface area contributed by atoms with Gasteiger partial charge >= 0.3 is 0 Å². The molecule has 0 aliphatic rings. The Bertz CT molecular complexity index is 696. The molecule has 0 aliphatic carbocycles. The van der Waals surface area contributed by atoms with E-state index in [1.807, 2.05) is 0 Å². The quantitative estimate of drug-likeness (QED) is 0.736. The van der Waals surface area contributed by atoms with E-state index in [0.29, 0.717) is 11.4 Å². The topological polar surface area (TPSA) is 106 Å². The lowest BCUT2D eigenvalue weighted by Crippen LogP contribution is -2.10. The third-order valence-corrected chi connectivity index (χ3v) is 3.11. The van der Waals surface area contributed by atoms with Gasteiger partial charge in [0.15, 0.2) is 11.6 Å². The highest BCUT2D eigenvalue weighted by Gasteiger charge is 2.13. The predicted molar refractivity (Wildman–Crippen MR) is 65.5 cm³/mol. The molecule has 1 heterocycles. The Kier molecular flexibility index (Phi) is 3.45. The average Bonchev–Trinajstić information content (AvgIpc) is 2.79. The number of phenols is 1. The zero-order valence-corrected chi connectivity index (χ0v) is 10.4. The SMILES string of the molecule is NS(=O)(=O)c1ccc(CNc2ccc(O)c(F)c2)o1. The Morgan fingerprint density at radius 1 is 1.32 bits per heavy atom. The average molecular weight is 286 g/mol. The van der Waals surface area contributed by atoms with Crippen molar-refractivity contribution in [3.63, 3.8) is 0 Å². The number of primary sulfonamides is 1. The van der Waals surface area contributed by atoms with Gasteiger partial charge in [0.2, 0.25) is 5.09 Å². The maximum Gasteiger partial charge on any atom is 0.271 e. The summed E-state index contributed by atoms with van der Waals surface area (Å²) in [5, 5.41) is 16.4.